The first-order valence-electron chi connectivity index (χ1n) is 6.33. The lowest BCUT2D eigenvalue weighted by Crippen LogP contribution is -2.06. The highest BCUT2D eigenvalue weighted by atomic mass is 19.2. The Morgan fingerprint density at radius 1 is 0.952 bits per heavy atom. The van der Waals surface area contributed by atoms with Crippen molar-refractivity contribution in [1.29, 1.82) is 0 Å². The molecule has 0 aromatic heterocycles. The summed E-state index contributed by atoms with van der Waals surface area (Å²) in [6, 6.07) is 7.51. The third-order valence-corrected chi connectivity index (χ3v) is 3.29. The number of ether oxygens (including phenoxy) is 2. The van der Waals surface area contributed by atoms with Gasteiger partial charge in [-0.1, -0.05) is 12.1 Å². The molecule has 0 aliphatic rings. The Labute approximate surface area is 121 Å². The summed E-state index contributed by atoms with van der Waals surface area (Å²) < 4.78 is 37.8. The molecule has 0 heterocycles. The second-order valence-electron chi connectivity index (χ2n) is 4.65. The van der Waals surface area contributed by atoms with Gasteiger partial charge in [0.2, 0.25) is 0 Å². The van der Waals surface area contributed by atoms with Crippen LogP contribution in [-0.4, -0.2) is 19.3 Å². The fourth-order valence-corrected chi connectivity index (χ4v) is 2.04. The van der Waals surface area contributed by atoms with E-state index >= 15 is 0 Å². The highest BCUT2D eigenvalue weighted by Gasteiger charge is 2.20. The predicted molar refractivity (Wildman–Crippen MR) is 74.7 cm³/mol. The second kappa shape index (κ2) is 6.10. The molecule has 2 aromatic carbocycles. The van der Waals surface area contributed by atoms with Crippen molar-refractivity contribution in [2.24, 2.45) is 0 Å². The van der Waals surface area contributed by atoms with E-state index in [1.54, 1.807) is 18.2 Å². The summed E-state index contributed by atoms with van der Waals surface area (Å²) in [6.07, 6.45) is -1.32. The third kappa shape index (κ3) is 2.97. The average Bonchev–Trinajstić information content (AvgIpc) is 2.51. The molecule has 1 atom stereocenters. The number of benzene rings is 2. The number of aliphatic hydroxyl groups excluding tert-OH is 1. The van der Waals surface area contributed by atoms with E-state index in [0.717, 1.165) is 0 Å². The number of hydrogen-bond donors (Lipinski definition) is 1. The topological polar surface area (TPSA) is 38.7 Å². The van der Waals surface area contributed by atoms with Crippen molar-refractivity contribution in [3.05, 3.63) is 58.7 Å². The lowest BCUT2D eigenvalue weighted by molar-refractivity contribution is 0.212. The molecule has 0 bridgehead atoms. The minimum absolute atomic E-state index is 0.131. The Morgan fingerprint density at radius 3 is 2.05 bits per heavy atom. The largest absolute Gasteiger partial charge is 0.497 e. The van der Waals surface area contributed by atoms with Gasteiger partial charge in [-0.3, -0.25) is 0 Å². The monoisotopic (exact) mass is 294 g/mol. The molecule has 5 heteroatoms. The van der Waals surface area contributed by atoms with Crippen molar-refractivity contribution in [3.8, 4) is 11.5 Å². The second-order valence-corrected chi connectivity index (χ2v) is 4.65. The van der Waals surface area contributed by atoms with Gasteiger partial charge >= 0.3 is 0 Å². The van der Waals surface area contributed by atoms with E-state index in [1.807, 2.05) is 0 Å². The number of methoxy groups -OCH3 is 2. The van der Waals surface area contributed by atoms with E-state index in [-0.39, 0.29) is 11.1 Å². The van der Waals surface area contributed by atoms with Crippen LogP contribution in [0.3, 0.4) is 0 Å². The average molecular weight is 294 g/mol. The van der Waals surface area contributed by atoms with Gasteiger partial charge in [-0.15, -0.1) is 0 Å². The van der Waals surface area contributed by atoms with Crippen LogP contribution in [0.2, 0.25) is 0 Å². The summed E-state index contributed by atoms with van der Waals surface area (Å²) in [5.41, 5.74) is 0.411. The molecule has 1 N–H and O–H groups in total. The van der Waals surface area contributed by atoms with E-state index in [0.29, 0.717) is 17.1 Å². The van der Waals surface area contributed by atoms with E-state index < -0.39 is 17.7 Å². The predicted octanol–water partition coefficient (Wildman–Crippen LogP) is 3.37. The first-order chi connectivity index (χ1) is 9.97. The van der Waals surface area contributed by atoms with Gasteiger partial charge in [0.25, 0.3) is 0 Å². The molecule has 2 rings (SSSR count). The number of hydrogen-bond acceptors (Lipinski definition) is 3. The number of rotatable bonds is 4. The minimum Gasteiger partial charge on any atom is -0.497 e. The van der Waals surface area contributed by atoms with Crippen LogP contribution in [0.5, 0.6) is 11.5 Å². The fraction of sp³-hybridized carbons (Fsp3) is 0.250. The zero-order valence-electron chi connectivity index (χ0n) is 12.0. The molecule has 0 saturated carbocycles. The molecule has 0 radical (unpaired) electrons. The molecule has 0 aliphatic heterocycles. The van der Waals surface area contributed by atoms with Crippen molar-refractivity contribution in [3.63, 3.8) is 0 Å². The van der Waals surface area contributed by atoms with E-state index in [9.17, 15) is 13.9 Å². The molecule has 2 aromatic rings. The third-order valence-electron chi connectivity index (χ3n) is 3.29. The number of aliphatic hydroxyl groups is 1. The van der Waals surface area contributed by atoms with E-state index in [2.05, 4.69) is 0 Å². The SMILES string of the molecule is COc1cc(OC)cc(C(O)c2ccc(C)c(F)c2F)c1. The molecule has 1 unspecified atom stereocenters. The number of halogens is 2. The van der Waals surface area contributed by atoms with Crippen LogP contribution >= 0.6 is 0 Å². The molecule has 0 spiro atoms. The van der Waals surface area contributed by atoms with Crippen LogP contribution in [0, 0.1) is 18.6 Å². The summed E-state index contributed by atoms with van der Waals surface area (Å²) in [5, 5.41) is 10.3. The summed E-state index contributed by atoms with van der Waals surface area (Å²) in [5.74, 6) is -1.10. The summed E-state index contributed by atoms with van der Waals surface area (Å²) in [6.45, 7) is 1.46. The zero-order valence-corrected chi connectivity index (χ0v) is 12.0. The van der Waals surface area contributed by atoms with Gasteiger partial charge in [0.1, 0.15) is 17.6 Å². The fourth-order valence-electron chi connectivity index (χ4n) is 2.04. The first kappa shape index (κ1) is 15.3. The van der Waals surface area contributed by atoms with Crippen LogP contribution in [0.4, 0.5) is 8.78 Å². The Hall–Kier alpha value is -2.14. The maximum absolute atomic E-state index is 14.0. The van der Waals surface area contributed by atoms with Crippen LogP contribution in [0.15, 0.2) is 30.3 Å². The number of aryl methyl sites for hydroxylation is 1. The minimum atomic E-state index is -1.32. The standard InChI is InChI=1S/C16H16F2O3/c1-9-4-5-13(15(18)14(9)17)16(19)10-6-11(20-2)8-12(7-10)21-3/h4-8,16,19H,1-3H3. The summed E-state index contributed by atoms with van der Waals surface area (Å²) in [7, 11) is 2.94. The van der Waals surface area contributed by atoms with Crippen LogP contribution in [0.25, 0.3) is 0 Å². The van der Waals surface area contributed by atoms with Gasteiger partial charge in [-0.25, -0.2) is 8.78 Å². The molecular weight excluding hydrogens is 278 g/mol. The van der Waals surface area contributed by atoms with E-state index in [1.165, 1.54) is 33.3 Å². The van der Waals surface area contributed by atoms with Gasteiger partial charge in [-0.05, 0) is 30.2 Å². The zero-order chi connectivity index (χ0) is 15.6. The van der Waals surface area contributed by atoms with Gasteiger partial charge in [0.05, 0.1) is 14.2 Å². The van der Waals surface area contributed by atoms with Crippen LogP contribution < -0.4 is 9.47 Å². The molecule has 0 saturated heterocycles. The summed E-state index contributed by atoms with van der Waals surface area (Å²) >= 11 is 0. The Morgan fingerprint density at radius 2 is 1.52 bits per heavy atom. The Balaban J connectivity index is 2.49. The lowest BCUT2D eigenvalue weighted by atomic mass is 9.99. The van der Waals surface area contributed by atoms with Gasteiger partial charge in [0.15, 0.2) is 11.6 Å². The maximum atomic E-state index is 14.0. The van der Waals surface area contributed by atoms with Crippen molar-refractivity contribution >= 4 is 0 Å². The molecule has 0 fully saturated rings. The molecule has 0 aliphatic carbocycles. The quantitative estimate of drug-likeness (QED) is 0.939. The van der Waals surface area contributed by atoms with Crippen LogP contribution in [0.1, 0.15) is 22.8 Å². The Kier molecular flexibility index (Phi) is 4.43. The van der Waals surface area contributed by atoms with E-state index in [4.69, 9.17) is 9.47 Å². The first-order valence-corrected chi connectivity index (χ1v) is 6.33. The van der Waals surface area contributed by atoms with Gasteiger partial charge < -0.3 is 14.6 Å². The molecular formula is C16H16F2O3. The highest BCUT2D eigenvalue weighted by Crippen LogP contribution is 2.32. The normalized spacial score (nSPS) is 12.1. The molecule has 0 amide bonds. The lowest BCUT2D eigenvalue weighted by Gasteiger charge is -2.15. The Bertz CT molecular complexity index is 634. The maximum Gasteiger partial charge on any atom is 0.165 e. The molecule has 3 nitrogen and oxygen atoms in total. The highest BCUT2D eigenvalue weighted by molar-refractivity contribution is 5.43. The molecule has 112 valence electrons. The van der Waals surface area contributed by atoms with Crippen LogP contribution in [-0.2, 0) is 0 Å². The smallest absolute Gasteiger partial charge is 0.165 e. The molecule has 21 heavy (non-hydrogen) atoms. The van der Waals surface area contributed by atoms with Crippen molar-refractivity contribution in [1.82, 2.24) is 0 Å². The van der Waals surface area contributed by atoms with Gasteiger partial charge in [0, 0.05) is 11.6 Å². The van der Waals surface area contributed by atoms with Crippen molar-refractivity contribution in [2.45, 2.75) is 13.0 Å². The van der Waals surface area contributed by atoms with Crippen molar-refractivity contribution < 1.29 is 23.4 Å². The summed E-state index contributed by atoms with van der Waals surface area (Å²) in [4.78, 5) is 0. The van der Waals surface area contributed by atoms with Crippen molar-refractivity contribution in [2.75, 3.05) is 14.2 Å². The van der Waals surface area contributed by atoms with Gasteiger partial charge in [-0.2, -0.15) is 0 Å².